The quantitative estimate of drug-likeness (QED) is 0.332. The maximum Gasteiger partial charge on any atom is 0.243 e. The minimum Gasteiger partial charge on any atom is -0.354 e. The van der Waals surface area contributed by atoms with E-state index < -0.39 is 10.0 Å². The van der Waals surface area contributed by atoms with Crippen molar-refractivity contribution in [2.45, 2.75) is 30.4 Å². The summed E-state index contributed by atoms with van der Waals surface area (Å²) in [7, 11) is -3.91. The first-order valence-corrected chi connectivity index (χ1v) is 12.6. The maximum absolute atomic E-state index is 13.2. The summed E-state index contributed by atoms with van der Waals surface area (Å²) in [6.07, 6.45) is 0. The van der Waals surface area contributed by atoms with E-state index in [1.165, 1.54) is 40.3 Å². The number of nitrogens with zero attached hydrogens (tertiary/aromatic N) is 3. The first kappa shape index (κ1) is 24.2. The minimum absolute atomic E-state index is 0.0733. The van der Waals surface area contributed by atoms with Crippen molar-refractivity contribution in [1.82, 2.24) is 24.8 Å². The van der Waals surface area contributed by atoms with Crippen LogP contribution >= 0.6 is 23.4 Å². The van der Waals surface area contributed by atoms with Crippen LogP contribution in [-0.2, 0) is 21.4 Å². The second-order valence-electron chi connectivity index (χ2n) is 7.11. The number of aryl methyl sites for hydroxylation is 2. The molecule has 0 aliphatic carbocycles. The average Bonchev–Trinajstić information content (AvgIpc) is 3.17. The summed E-state index contributed by atoms with van der Waals surface area (Å²) in [4.78, 5) is 16.8. The lowest BCUT2D eigenvalue weighted by atomic mass is 10.1. The van der Waals surface area contributed by atoms with Gasteiger partial charge in [-0.1, -0.05) is 53.2 Å². The van der Waals surface area contributed by atoms with Crippen LogP contribution in [0.3, 0.4) is 0 Å². The Morgan fingerprint density at radius 3 is 2.44 bits per heavy atom. The number of carbonyl (C=O) groups is 1. The lowest BCUT2D eigenvalue weighted by Crippen LogP contribution is -2.40. The summed E-state index contributed by atoms with van der Waals surface area (Å²) in [6, 6.07) is 13.4. The Bertz CT molecular complexity index is 1150. The molecule has 0 fully saturated rings. The second kappa shape index (κ2) is 11.0. The first-order chi connectivity index (χ1) is 15.2. The van der Waals surface area contributed by atoms with Crippen molar-refractivity contribution in [3.05, 3.63) is 70.5 Å². The van der Waals surface area contributed by atoms with E-state index >= 15 is 0 Å². The average molecular weight is 494 g/mol. The number of aromatic amines is 1. The van der Waals surface area contributed by atoms with Crippen LogP contribution in [0, 0.1) is 13.8 Å². The molecule has 3 rings (SSSR count). The molecule has 0 spiro atoms. The SMILES string of the molecule is Cc1ccc(CN(CC(=O)NCCSc2n[nH]c(C)n2)S(=O)(=O)c2ccc(Cl)cc2)cc1. The van der Waals surface area contributed by atoms with Gasteiger partial charge in [-0.15, -0.1) is 5.10 Å². The van der Waals surface area contributed by atoms with Crippen molar-refractivity contribution in [2.75, 3.05) is 18.8 Å². The van der Waals surface area contributed by atoms with Gasteiger partial charge in [0.2, 0.25) is 21.1 Å². The van der Waals surface area contributed by atoms with Crippen molar-refractivity contribution in [2.24, 2.45) is 0 Å². The smallest absolute Gasteiger partial charge is 0.243 e. The molecule has 0 aliphatic rings. The van der Waals surface area contributed by atoms with Gasteiger partial charge >= 0.3 is 0 Å². The zero-order valence-corrected chi connectivity index (χ0v) is 20.1. The van der Waals surface area contributed by atoms with Crippen molar-refractivity contribution >= 4 is 39.3 Å². The highest BCUT2D eigenvalue weighted by molar-refractivity contribution is 7.99. The normalized spacial score (nSPS) is 11.6. The standard InChI is InChI=1S/C21H24ClN5O3S2/c1-15-3-5-17(6-4-15)13-27(32(29,30)19-9-7-18(22)8-10-19)14-20(28)23-11-12-31-21-24-16(2)25-26-21/h3-10H,11-14H2,1-2H3,(H,23,28)(H,24,25,26). The number of aromatic nitrogens is 3. The van der Waals surface area contributed by atoms with Crippen LogP contribution in [0.25, 0.3) is 0 Å². The molecule has 0 saturated heterocycles. The summed E-state index contributed by atoms with van der Waals surface area (Å²) in [5.74, 6) is 0.891. The Morgan fingerprint density at radius 1 is 1.12 bits per heavy atom. The van der Waals surface area contributed by atoms with Crippen molar-refractivity contribution in [3.63, 3.8) is 0 Å². The van der Waals surface area contributed by atoms with Gasteiger partial charge in [-0.05, 0) is 43.7 Å². The van der Waals surface area contributed by atoms with E-state index in [1.807, 2.05) is 38.1 Å². The first-order valence-electron chi connectivity index (χ1n) is 9.84. The third kappa shape index (κ3) is 6.80. The van der Waals surface area contributed by atoms with E-state index in [2.05, 4.69) is 20.5 Å². The van der Waals surface area contributed by atoms with Crippen LogP contribution < -0.4 is 5.32 Å². The number of thioether (sulfide) groups is 1. The molecular formula is C21H24ClN5O3S2. The van der Waals surface area contributed by atoms with Gasteiger partial charge in [-0.3, -0.25) is 9.89 Å². The molecule has 0 bridgehead atoms. The molecule has 0 unspecified atom stereocenters. The lowest BCUT2D eigenvalue weighted by Gasteiger charge is -2.22. The second-order valence-corrected chi connectivity index (χ2v) is 10.6. The molecule has 0 radical (unpaired) electrons. The molecule has 2 aromatic carbocycles. The molecule has 8 nitrogen and oxygen atoms in total. The number of sulfonamides is 1. The molecule has 3 aromatic rings. The molecule has 1 heterocycles. The molecular weight excluding hydrogens is 470 g/mol. The van der Waals surface area contributed by atoms with Crippen LogP contribution in [0.15, 0.2) is 58.6 Å². The number of halogens is 1. The summed E-state index contributed by atoms with van der Waals surface area (Å²) >= 11 is 7.30. The topological polar surface area (TPSA) is 108 Å². The van der Waals surface area contributed by atoms with Gasteiger partial charge in [-0.2, -0.15) is 4.31 Å². The Hall–Kier alpha value is -2.40. The fourth-order valence-electron chi connectivity index (χ4n) is 2.81. The van der Waals surface area contributed by atoms with Gasteiger partial charge in [0.1, 0.15) is 5.82 Å². The molecule has 32 heavy (non-hydrogen) atoms. The molecule has 0 saturated carbocycles. The van der Waals surface area contributed by atoms with Gasteiger partial charge in [0.05, 0.1) is 11.4 Å². The Kier molecular flexibility index (Phi) is 8.30. The molecule has 2 N–H and O–H groups in total. The highest BCUT2D eigenvalue weighted by atomic mass is 35.5. The lowest BCUT2D eigenvalue weighted by molar-refractivity contribution is -0.121. The number of carbonyl (C=O) groups excluding carboxylic acids is 1. The molecule has 0 atom stereocenters. The number of nitrogens with one attached hydrogen (secondary N) is 2. The number of hydrogen-bond donors (Lipinski definition) is 2. The van der Waals surface area contributed by atoms with Gasteiger partial charge in [0.25, 0.3) is 0 Å². The largest absolute Gasteiger partial charge is 0.354 e. The number of rotatable bonds is 10. The van der Waals surface area contributed by atoms with E-state index in [0.29, 0.717) is 22.5 Å². The molecule has 0 aliphatic heterocycles. The molecule has 1 aromatic heterocycles. The zero-order valence-electron chi connectivity index (χ0n) is 17.7. The maximum atomic E-state index is 13.2. The number of hydrogen-bond acceptors (Lipinski definition) is 6. The van der Waals surface area contributed by atoms with Gasteiger partial charge in [-0.25, -0.2) is 13.4 Å². The zero-order chi connectivity index (χ0) is 23.1. The third-order valence-electron chi connectivity index (χ3n) is 4.48. The van der Waals surface area contributed by atoms with Crippen LogP contribution in [-0.4, -0.2) is 52.7 Å². The van der Waals surface area contributed by atoms with E-state index in [1.54, 1.807) is 0 Å². The predicted molar refractivity (Wildman–Crippen MR) is 125 cm³/mol. The van der Waals surface area contributed by atoms with E-state index in [9.17, 15) is 13.2 Å². The number of H-pyrrole nitrogens is 1. The Labute approximate surface area is 196 Å². The van der Waals surface area contributed by atoms with Crippen LogP contribution in [0.5, 0.6) is 0 Å². The number of amides is 1. The fraction of sp³-hybridized carbons (Fsp3) is 0.286. The van der Waals surface area contributed by atoms with E-state index in [0.717, 1.165) is 17.0 Å². The summed E-state index contributed by atoms with van der Waals surface area (Å²) in [5.41, 5.74) is 1.86. The van der Waals surface area contributed by atoms with Gasteiger partial charge in [0, 0.05) is 23.9 Å². The Balaban J connectivity index is 1.67. The summed E-state index contributed by atoms with van der Waals surface area (Å²) in [6.45, 7) is 3.89. The van der Waals surface area contributed by atoms with Crippen LogP contribution in [0.2, 0.25) is 5.02 Å². The van der Waals surface area contributed by atoms with Gasteiger partial charge in [0.15, 0.2) is 0 Å². The van der Waals surface area contributed by atoms with Crippen molar-refractivity contribution in [1.29, 1.82) is 0 Å². The van der Waals surface area contributed by atoms with Crippen LogP contribution in [0.4, 0.5) is 0 Å². The summed E-state index contributed by atoms with van der Waals surface area (Å²) < 4.78 is 27.7. The summed E-state index contributed by atoms with van der Waals surface area (Å²) in [5, 5.41) is 10.6. The molecule has 170 valence electrons. The molecule has 1 amide bonds. The predicted octanol–water partition coefficient (Wildman–Crippen LogP) is 3.17. The van der Waals surface area contributed by atoms with E-state index in [-0.39, 0.29) is 23.9 Å². The van der Waals surface area contributed by atoms with E-state index in [4.69, 9.17) is 11.6 Å². The van der Waals surface area contributed by atoms with Gasteiger partial charge < -0.3 is 5.32 Å². The fourth-order valence-corrected chi connectivity index (χ4v) is 5.02. The van der Waals surface area contributed by atoms with Crippen molar-refractivity contribution < 1.29 is 13.2 Å². The Morgan fingerprint density at radius 2 is 1.81 bits per heavy atom. The monoisotopic (exact) mass is 493 g/mol. The van der Waals surface area contributed by atoms with Crippen molar-refractivity contribution in [3.8, 4) is 0 Å². The highest BCUT2D eigenvalue weighted by Crippen LogP contribution is 2.21. The number of benzene rings is 2. The third-order valence-corrected chi connectivity index (χ3v) is 7.39. The van der Waals surface area contributed by atoms with Crippen LogP contribution in [0.1, 0.15) is 17.0 Å². The highest BCUT2D eigenvalue weighted by Gasteiger charge is 2.27. The molecule has 11 heteroatoms. The minimum atomic E-state index is -3.91.